The van der Waals surface area contributed by atoms with Gasteiger partial charge in [0.05, 0.1) is 6.04 Å². The molecule has 2 atom stereocenters. The molecule has 0 fully saturated rings. The Morgan fingerprint density at radius 2 is 1.89 bits per heavy atom. The van der Waals surface area contributed by atoms with Gasteiger partial charge in [-0.05, 0) is 12.0 Å². The van der Waals surface area contributed by atoms with E-state index in [0.29, 0.717) is 12.8 Å². The molecule has 2 unspecified atom stereocenters. The van der Waals surface area contributed by atoms with Crippen molar-refractivity contribution in [3.05, 3.63) is 35.9 Å². The van der Waals surface area contributed by atoms with Crippen LogP contribution in [0.2, 0.25) is 0 Å². The Hall–Kier alpha value is -1.33. The SMILES string of the molecule is CCC(NC(CS)C(=O)O)C(=O)Cc1ccccc1. The molecule has 0 bridgehead atoms. The minimum Gasteiger partial charge on any atom is -0.480 e. The van der Waals surface area contributed by atoms with Gasteiger partial charge in [0.15, 0.2) is 5.78 Å². The highest BCUT2D eigenvalue weighted by atomic mass is 32.1. The number of Topliss-reactive ketones (excluding diaryl/α,β-unsaturated/α-hetero) is 1. The van der Waals surface area contributed by atoms with Crippen molar-refractivity contribution in [2.75, 3.05) is 5.75 Å². The Labute approximate surface area is 118 Å². The van der Waals surface area contributed by atoms with Crippen molar-refractivity contribution in [1.82, 2.24) is 5.32 Å². The third kappa shape index (κ3) is 5.04. The highest BCUT2D eigenvalue weighted by Crippen LogP contribution is 2.05. The van der Waals surface area contributed by atoms with Crippen LogP contribution in [0.1, 0.15) is 18.9 Å². The number of ketones is 1. The van der Waals surface area contributed by atoms with Gasteiger partial charge in [-0.15, -0.1) is 0 Å². The lowest BCUT2D eigenvalue weighted by Gasteiger charge is -2.20. The van der Waals surface area contributed by atoms with Crippen LogP contribution in [0.25, 0.3) is 0 Å². The summed E-state index contributed by atoms with van der Waals surface area (Å²) in [7, 11) is 0. The van der Waals surface area contributed by atoms with Gasteiger partial charge >= 0.3 is 5.97 Å². The molecule has 104 valence electrons. The maximum Gasteiger partial charge on any atom is 0.321 e. The topological polar surface area (TPSA) is 66.4 Å². The molecule has 0 aromatic heterocycles. The monoisotopic (exact) mass is 281 g/mol. The third-order valence-electron chi connectivity index (χ3n) is 2.90. The highest BCUT2D eigenvalue weighted by Gasteiger charge is 2.23. The van der Waals surface area contributed by atoms with Crippen molar-refractivity contribution in [3.8, 4) is 0 Å². The van der Waals surface area contributed by atoms with Crippen LogP contribution < -0.4 is 5.32 Å². The number of hydrogen-bond acceptors (Lipinski definition) is 4. The van der Waals surface area contributed by atoms with Gasteiger partial charge < -0.3 is 5.11 Å². The summed E-state index contributed by atoms with van der Waals surface area (Å²) in [6.07, 6.45) is 0.870. The molecule has 0 aliphatic carbocycles. The average molecular weight is 281 g/mol. The summed E-state index contributed by atoms with van der Waals surface area (Å²) < 4.78 is 0. The number of carboxylic acid groups (broad SMARTS) is 1. The summed E-state index contributed by atoms with van der Waals surface area (Å²) >= 11 is 3.98. The summed E-state index contributed by atoms with van der Waals surface area (Å²) in [4.78, 5) is 23.1. The van der Waals surface area contributed by atoms with Crippen molar-refractivity contribution >= 4 is 24.4 Å². The number of nitrogens with one attached hydrogen (secondary N) is 1. The van der Waals surface area contributed by atoms with Crippen molar-refractivity contribution in [2.24, 2.45) is 0 Å². The van der Waals surface area contributed by atoms with E-state index in [4.69, 9.17) is 5.11 Å². The summed E-state index contributed by atoms with van der Waals surface area (Å²) in [5, 5.41) is 11.8. The largest absolute Gasteiger partial charge is 0.480 e. The van der Waals surface area contributed by atoms with Crippen molar-refractivity contribution in [2.45, 2.75) is 31.8 Å². The Morgan fingerprint density at radius 1 is 1.26 bits per heavy atom. The molecule has 0 amide bonds. The maximum absolute atomic E-state index is 12.1. The van der Waals surface area contributed by atoms with Crippen LogP contribution >= 0.6 is 12.6 Å². The number of rotatable bonds is 8. The number of carbonyl (C=O) groups is 2. The Bertz CT molecular complexity index is 422. The second kappa shape index (κ2) is 7.96. The predicted molar refractivity (Wildman–Crippen MR) is 77.6 cm³/mol. The normalized spacial score (nSPS) is 13.8. The average Bonchev–Trinajstić information content (AvgIpc) is 2.40. The predicted octanol–water partition coefficient (Wildman–Crippen LogP) is 1.55. The second-order valence-electron chi connectivity index (χ2n) is 4.33. The standard InChI is InChI=1S/C14H19NO3S/c1-2-11(15-12(9-19)14(17)18)13(16)8-10-6-4-3-5-7-10/h3-7,11-12,15,19H,2,8-9H2,1H3,(H,17,18). The zero-order valence-electron chi connectivity index (χ0n) is 10.9. The van der Waals surface area contributed by atoms with E-state index in [1.807, 2.05) is 37.3 Å². The molecule has 0 aliphatic rings. The molecule has 0 saturated heterocycles. The minimum atomic E-state index is -0.985. The first kappa shape index (κ1) is 15.7. The lowest BCUT2D eigenvalue weighted by atomic mass is 10.0. The molecular weight excluding hydrogens is 262 g/mol. The van der Waals surface area contributed by atoms with Crippen LogP contribution in [0.15, 0.2) is 30.3 Å². The Balaban J connectivity index is 2.64. The molecule has 1 aromatic rings. The van der Waals surface area contributed by atoms with Gasteiger partial charge in [0.1, 0.15) is 6.04 Å². The van der Waals surface area contributed by atoms with Gasteiger partial charge in [-0.1, -0.05) is 37.3 Å². The summed E-state index contributed by atoms with van der Waals surface area (Å²) in [6, 6.07) is 8.18. The van der Waals surface area contributed by atoms with Crippen molar-refractivity contribution in [1.29, 1.82) is 0 Å². The zero-order valence-corrected chi connectivity index (χ0v) is 11.8. The van der Waals surface area contributed by atoms with E-state index in [2.05, 4.69) is 17.9 Å². The van der Waals surface area contributed by atoms with E-state index < -0.39 is 18.1 Å². The van der Waals surface area contributed by atoms with E-state index in [0.717, 1.165) is 5.56 Å². The minimum absolute atomic E-state index is 0.00160. The van der Waals surface area contributed by atoms with E-state index in [9.17, 15) is 9.59 Å². The first-order chi connectivity index (χ1) is 9.08. The fourth-order valence-electron chi connectivity index (χ4n) is 1.80. The highest BCUT2D eigenvalue weighted by molar-refractivity contribution is 7.80. The molecular formula is C14H19NO3S. The van der Waals surface area contributed by atoms with Gasteiger partial charge in [0, 0.05) is 12.2 Å². The quantitative estimate of drug-likeness (QED) is 0.633. The van der Waals surface area contributed by atoms with Gasteiger partial charge in [-0.25, -0.2) is 0 Å². The molecule has 0 saturated carbocycles. The lowest BCUT2D eigenvalue weighted by Crippen LogP contribution is -2.48. The molecule has 0 aliphatic heterocycles. The Kier molecular flexibility index (Phi) is 6.59. The van der Waals surface area contributed by atoms with Gasteiger partial charge in [-0.3, -0.25) is 14.9 Å². The van der Waals surface area contributed by atoms with Crippen LogP contribution in [0.4, 0.5) is 0 Å². The number of aliphatic carboxylic acids is 1. The number of hydrogen-bond donors (Lipinski definition) is 3. The number of benzene rings is 1. The molecule has 5 heteroatoms. The second-order valence-corrected chi connectivity index (χ2v) is 4.69. The molecule has 0 heterocycles. The maximum atomic E-state index is 12.1. The molecule has 19 heavy (non-hydrogen) atoms. The third-order valence-corrected chi connectivity index (χ3v) is 3.27. The van der Waals surface area contributed by atoms with Crippen LogP contribution in [-0.4, -0.2) is 34.7 Å². The lowest BCUT2D eigenvalue weighted by molar-refractivity contribution is -0.139. The van der Waals surface area contributed by atoms with Crippen LogP contribution in [0.3, 0.4) is 0 Å². The summed E-state index contributed by atoms with van der Waals surface area (Å²) in [5.41, 5.74) is 0.936. The van der Waals surface area contributed by atoms with Gasteiger partial charge in [0.2, 0.25) is 0 Å². The van der Waals surface area contributed by atoms with Gasteiger partial charge in [-0.2, -0.15) is 12.6 Å². The first-order valence-electron chi connectivity index (χ1n) is 6.24. The van der Waals surface area contributed by atoms with Crippen LogP contribution in [0, 0.1) is 0 Å². The number of carbonyl (C=O) groups excluding carboxylic acids is 1. The first-order valence-corrected chi connectivity index (χ1v) is 6.88. The van der Waals surface area contributed by atoms with Crippen LogP contribution in [0.5, 0.6) is 0 Å². The molecule has 1 rings (SSSR count). The van der Waals surface area contributed by atoms with Crippen LogP contribution in [-0.2, 0) is 16.0 Å². The van der Waals surface area contributed by atoms with E-state index in [1.165, 1.54) is 0 Å². The summed E-state index contributed by atoms with van der Waals surface area (Å²) in [6.45, 7) is 1.86. The van der Waals surface area contributed by atoms with E-state index in [-0.39, 0.29) is 11.5 Å². The van der Waals surface area contributed by atoms with E-state index >= 15 is 0 Å². The van der Waals surface area contributed by atoms with Gasteiger partial charge in [0.25, 0.3) is 0 Å². The zero-order chi connectivity index (χ0) is 14.3. The molecule has 2 N–H and O–H groups in total. The summed E-state index contributed by atoms with van der Waals surface area (Å²) in [5.74, 6) is -0.826. The van der Waals surface area contributed by atoms with E-state index in [1.54, 1.807) is 0 Å². The molecule has 1 aromatic carbocycles. The fourth-order valence-corrected chi connectivity index (χ4v) is 2.07. The van der Waals surface area contributed by atoms with Crippen molar-refractivity contribution in [3.63, 3.8) is 0 Å². The smallest absolute Gasteiger partial charge is 0.321 e. The fraction of sp³-hybridized carbons (Fsp3) is 0.429. The molecule has 4 nitrogen and oxygen atoms in total. The number of thiol groups is 1. The Morgan fingerprint density at radius 3 is 2.37 bits per heavy atom. The number of carboxylic acids is 1. The molecule has 0 radical (unpaired) electrons. The molecule has 0 spiro atoms. The van der Waals surface area contributed by atoms with Crippen molar-refractivity contribution < 1.29 is 14.7 Å².